The van der Waals surface area contributed by atoms with Gasteiger partial charge >= 0.3 is 0 Å². The number of aryl methyl sites for hydroxylation is 3. The highest BCUT2D eigenvalue weighted by Gasteiger charge is 2.17. The van der Waals surface area contributed by atoms with Crippen LogP contribution in [0, 0.1) is 0 Å². The summed E-state index contributed by atoms with van der Waals surface area (Å²) in [6.07, 6.45) is 4.35. The van der Waals surface area contributed by atoms with Gasteiger partial charge < -0.3 is 0 Å². The van der Waals surface area contributed by atoms with Crippen molar-refractivity contribution < 1.29 is 8.42 Å². The number of nitrogens with one attached hydrogen (secondary N) is 2. The van der Waals surface area contributed by atoms with Crippen molar-refractivity contribution in [3.63, 3.8) is 0 Å². The van der Waals surface area contributed by atoms with Gasteiger partial charge in [0.1, 0.15) is 4.90 Å². The molecule has 0 bridgehead atoms. The van der Waals surface area contributed by atoms with Gasteiger partial charge in [-0.1, -0.05) is 30.3 Å². The summed E-state index contributed by atoms with van der Waals surface area (Å²) in [5.41, 5.74) is 2.09. The van der Waals surface area contributed by atoms with E-state index in [2.05, 4.69) is 32.2 Å². The number of benzene rings is 1. The average Bonchev–Trinajstić information content (AvgIpc) is 3.15. The van der Waals surface area contributed by atoms with E-state index in [0.29, 0.717) is 0 Å². The number of rotatable bonds is 6. The molecule has 7 nitrogen and oxygen atoms in total. The first-order chi connectivity index (χ1) is 11.0. The van der Waals surface area contributed by atoms with Gasteiger partial charge in [0.25, 0.3) is 10.0 Å². The minimum atomic E-state index is -3.66. The molecule has 1 aromatic carbocycles. The number of nitrogens with zero attached hydrogens (tertiary/aromatic N) is 3. The van der Waals surface area contributed by atoms with Gasteiger partial charge in [-0.15, -0.1) is 0 Å². The minimum absolute atomic E-state index is 0.105. The Morgan fingerprint density at radius 1 is 1.22 bits per heavy atom. The predicted molar refractivity (Wildman–Crippen MR) is 86.5 cm³/mol. The SMILES string of the molecule is Cn1cc(S(=O)(=O)Nc2cc(CCc3ccccc3)[nH]n2)cn1. The summed E-state index contributed by atoms with van der Waals surface area (Å²) < 4.78 is 28.2. The van der Waals surface area contributed by atoms with Crippen molar-refractivity contribution in [2.24, 2.45) is 7.05 Å². The Labute approximate surface area is 134 Å². The van der Waals surface area contributed by atoms with Crippen molar-refractivity contribution in [2.45, 2.75) is 17.7 Å². The zero-order valence-electron chi connectivity index (χ0n) is 12.6. The standard InChI is InChI=1S/C15H17N5O2S/c1-20-11-14(10-16-20)23(21,22)19-15-9-13(17-18-15)8-7-12-5-3-2-4-6-12/h2-6,9-11H,7-8H2,1H3,(H2,17,18,19). The van der Waals surface area contributed by atoms with Gasteiger partial charge in [0, 0.05) is 25.0 Å². The van der Waals surface area contributed by atoms with Crippen LogP contribution in [0.4, 0.5) is 5.82 Å². The van der Waals surface area contributed by atoms with Crippen molar-refractivity contribution in [3.8, 4) is 0 Å². The van der Waals surface area contributed by atoms with Crippen molar-refractivity contribution in [1.82, 2.24) is 20.0 Å². The third-order valence-corrected chi connectivity index (χ3v) is 4.70. The molecule has 0 unspecified atom stereocenters. The quantitative estimate of drug-likeness (QED) is 0.719. The highest BCUT2D eigenvalue weighted by molar-refractivity contribution is 7.92. The molecule has 3 aromatic rings. The summed E-state index contributed by atoms with van der Waals surface area (Å²) in [7, 11) is -2.00. The van der Waals surface area contributed by atoms with Crippen LogP contribution >= 0.6 is 0 Å². The lowest BCUT2D eigenvalue weighted by Gasteiger charge is -2.01. The Hall–Kier alpha value is -2.61. The van der Waals surface area contributed by atoms with Crippen LogP contribution in [0.2, 0.25) is 0 Å². The Balaban J connectivity index is 1.65. The first-order valence-corrected chi connectivity index (χ1v) is 8.61. The van der Waals surface area contributed by atoms with E-state index in [-0.39, 0.29) is 10.7 Å². The first-order valence-electron chi connectivity index (χ1n) is 7.12. The molecule has 0 radical (unpaired) electrons. The molecule has 8 heteroatoms. The Bertz CT molecular complexity index is 884. The van der Waals surface area contributed by atoms with Crippen LogP contribution in [0.5, 0.6) is 0 Å². The molecule has 0 saturated heterocycles. The van der Waals surface area contributed by atoms with E-state index in [1.807, 2.05) is 18.2 Å². The zero-order valence-corrected chi connectivity index (χ0v) is 13.4. The van der Waals surface area contributed by atoms with Crippen molar-refractivity contribution in [3.05, 3.63) is 60.0 Å². The number of H-pyrrole nitrogens is 1. The van der Waals surface area contributed by atoms with E-state index in [4.69, 9.17) is 0 Å². The van der Waals surface area contributed by atoms with Gasteiger partial charge in [-0.05, 0) is 18.4 Å². The molecule has 0 aliphatic heterocycles. The Morgan fingerprint density at radius 2 is 2.00 bits per heavy atom. The normalized spacial score (nSPS) is 11.5. The van der Waals surface area contributed by atoms with E-state index in [1.54, 1.807) is 13.1 Å². The van der Waals surface area contributed by atoms with Gasteiger partial charge in [-0.25, -0.2) is 8.42 Å². The summed E-state index contributed by atoms with van der Waals surface area (Å²) in [4.78, 5) is 0.105. The first kappa shape index (κ1) is 15.3. The van der Waals surface area contributed by atoms with Gasteiger partial charge in [0.2, 0.25) is 0 Å². The number of aromatic nitrogens is 4. The molecule has 0 fully saturated rings. The second-order valence-corrected chi connectivity index (χ2v) is 6.90. The molecule has 120 valence electrons. The van der Waals surface area contributed by atoms with Crippen LogP contribution in [0.3, 0.4) is 0 Å². The van der Waals surface area contributed by atoms with Crippen molar-refractivity contribution in [2.75, 3.05) is 4.72 Å². The number of hydrogen-bond donors (Lipinski definition) is 2. The average molecular weight is 331 g/mol. The monoisotopic (exact) mass is 331 g/mol. The maximum atomic E-state index is 12.2. The molecule has 0 atom stereocenters. The molecular formula is C15H17N5O2S. The van der Waals surface area contributed by atoms with Gasteiger partial charge in [-0.3, -0.25) is 14.5 Å². The van der Waals surface area contributed by atoms with Crippen LogP contribution in [0.25, 0.3) is 0 Å². The summed E-state index contributed by atoms with van der Waals surface area (Å²) >= 11 is 0. The molecule has 0 aliphatic carbocycles. The largest absolute Gasteiger partial charge is 0.280 e. The fourth-order valence-corrected chi connectivity index (χ4v) is 3.17. The number of hydrogen-bond acceptors (Lipinski definition) is 4. The van der Waals surface area contributed by atoms with Gasteiger partial charge in [0.05, 0.1) is 6.20 Å². The summed E-state index contributed by atoms with van der Waals surface area (Å²) in [5, 5.41) is 10.7. The summed E-state index contributed by atoms with van der Waals surface area (Å²) in [6, 6.07) is 11.8. The number of aromatic amines is 1. The topological polar surface area (TPSA) is 92.7 Å². The second-order valence-electron chi connectivity index (χ2n) is 5.22. The molecule has 2 N–H and O–H groups in total. The molecule has 0 saturated carbocycles. The molecule has 0 aliphatic rings. The number of sulfonamides is 1. The van der Waals surface area contributed by atoms with E-state index in [1.165, 1.54) is 22.6 Å². The van der Waals surface area contributed by atoms with Gasteiger partial charge in [-0.2, -0.15) is 10.2 Å². The van der Waals surface area contributed by atoms with E-state index in [0.717, 1.165) is 18.5 Å². The van der Waals surface area contributed by atoms with Crippen LogP contribution in [-0.2, 0) is 29.9 Å². The third kappa shape index (κ3) is 3.78. The van der Waals surface area contributed by atoms with E-state index >= 15 is 0 Å². The lowest BCUT2D eigenvalue weighted by Crippen LogP contribution is -2.12. The van der Waals surface area contributed by atoms with Crippen molar-refractivity contribution >= 4 is 15.8 Å². The smallest absolute Gasteiger partial charge is 0.266 e. The fourth-order valence-electron chi connectivity index (χ4n) is 2.20. The maximum absolute atomic E-state index is 12.2. The van der Waals surface area contributed by atoms with Crippen LogP contribution in [0.1, 0.15) is 11.3 Å². The summed E-state index contributed by atoms with van der Waals surface area (Å²) in [5.74, 6) is 0.275. The molecule has 0 spiro atoms. The van der Waals surface area contributed by atoms with Gasteiger partial charge in [0.15, 0.2) is 5.82 Å². The van der Waals surface area contributed by atoms with Crippen LogP contribution in [-0.4, -0.2) is 28.4 Å². The lowest BCUT2D eigenvalue weighted by molar-refractivity contribution is 0.601. The highest BCUT2D eigenvalue weighted by Crippen LogP contribution is 2.15. The predicted octanol–water partition coefficient (Wildman–Crippen LogP) is 1.73. The van der Waals surface area contributed by atoms with E-state index in [9.17, 15) is 8.42 Å². The zero-order chi connectivity index (χ0) is 16.3. The van der Waals surface area contributed by atoms with Crippen molar-refractivity contribution in [1.29, 1.82) is 0 Å². The number of anilines is 1. The third-order valence-electron chi connectivity index (χ3n) is 3.39. The lowest BCUT2D eigenvalue weighted by atomic mass is 10.1. The molecule has 2 aromatic heterocycles. The molecular weight excluding hydrogens is 314 g/mol. The Kier molecular flexibility index (Phi) is 4.16. The summed E-state index contributed by atoms with van der Waals surface area (Å²) in [6.45, 7) is 0. The van der Waals surface area contributed by atoms with Crippen LogP contribution in [0.15, 0.2) is 53.7 Å². The fraction of sp³-hybridized carbons (Fsp3) is 0.200. The Morgan fingerprint density at radius 3 is 2.70 bits per heavy atom. The maximum Gasteiger partial charge on any atom is 0.266 e. The second kappa shape index (κ2) is 6.25. The molecule has 0 amide bonds. The van der Waals surface area contributed by atoms with E-state index < -0.39 is 10.0 Å². The molecule has 23 heavy (non-hydrogen) atoms. The molecule has 2 heterocycles. The highest BCUT2D eigenvalue weighted by atomic mass is 32.2. The molecule has 3 rings (SSSR count). The van der Waals surface area contributed by atoms with Crippen LogP contribution < -0.4 is 4.72 Å². The minimum Gasteiger partial charge on any atom is -0.280 e.